The normalized spacial score (nSPS) is 13.1. The number of benzene rings is 1. The molecule has 1 heterocycles. The van der Waals surface area contributed by atoms with E-state index < -0.39 is 11.9 Å². The van der Waals surface area contributed by atoms with Crippen LogP contribution in [0.25, 0.3) is 0 Å². The maximum Gasteiger partial charge on any atom is 0.433 e. The first kappa shape index (κ1) is 14.7. The molecule has 2 rings (SSSR count). The summed E-state index contributed by atoms with van der Waals surface area (Å²) >= 11 is 5.90. The topological polar surface area (TPSA) is 24.9 Å². The molecule has 0 aliphatic carbocycles. The zero-order valence-electron chi connectivity index (χ0n) is 10.6. The summed E-state index contributed by atoms with van der Waals surface area (Å²) in [5, 5.41) is 3.69. The number of nitrogens with zero attached hydrogens (tertiary/aromatic N) is 1. The summed E-state index contributed by atoms with van der Waals surface area (Å²) in [6.07, 6.45) is -3.25. The Hall–Kier alpha value is -1.75. The summed E-state index contributed by atoms with van der Waals surface area (Å²) in [6, 6.07) is 9.49. The van der Waals surface area contributed by atoms with Gasteiger partial charge >= 0.3 is 6.18 Å². The van der Waals surface area contributed by atoms with Crippen LogP contribution in [0.4, 0.5) is 18.9 Å². The fourth-order valence-electron chi connectivity index (χ4n) is 1.76. The number of hydrogen-bond donors (Lipinski definition) is 1. The van der Waals surface area contributed by atoms with Gasteiger partial charge in [-0.3, -0.25) is 0 Å². The molecule has 0 radical (unpaired) electrons. The molecule has 106 valence electrons. The SMILES string of the molecule is CC(Nc1ccc(C(F)(F)F)nc1)c1cccc(Cl)c1. The lowest BCUT2D eigenvalue weighted by atomic mass is 10.1. The number of pyridine rings is 1. The van der Waals surface area contributed by atoms with Crippen LogP contribution in [-0.4, -0.2) is 4.98 Å². The van der Waals surface area contributed by atoms with Gasteiger partial charge in [-0.2, -0.15) is 13.2 Å². The van der Waals surface area contributed by atoms with Gasteiger partial charge in [0.1, 0.15) is 5.69 Å². The van der Waals surface area contributed by atoms with E-state index in [1.807, 2.05) is 19.1 Å². The van der Waals surface area contributed by atoms with E-state index in [0.29, 0.717) is 10.7 Å². The van der Waals surface area contributed by atoms with E-state index in [1.165, 1.54) is 12.3 Å². The average Bonchev–Trinajstić information content (AvgIpc) is 2.38. The van der Waals surface area contributed by atoms with E-state index in [4.69, 9.17) is 11.6 Å². The number of nitrogens with one attached hydrogen (secondary N) is 1. The third kappa shape index (κ3) is 3.63. The molecule has 0 bridgehead atoms. The Kier molecular flexibility index (Phi) is 4.18. The van der Waals surface area contributed by atoms with Crippen LogP contribution in [0.2, 0.25) is 5.02 Å². The highest BCUT2D eigenvalue weighted by Crippen LogP contribution is 2.28. The third-order valence-electron chi connectivity index (χ3n) is 2.79. The molecule has 0 spiro atoms. The minimum Gasteiger partial charge on any atom is -0.377 e. The van der Waals surface area contributed by atoms with Crippen LogP contribution in [0.15, 0.2) is 42.6 Å². The van der Waals surface area contributed by atoms with E-state index in [0.717, 1.165) is 11.6 Å². The van der Waals surface area contributed by atoms with Crippen molar-refractivity contribution in [2.24, 2.45) is 0 Å². The molecular formula is C14H12ClF3N2. The number of rotatable bonds is 3. The molecule has 0 aliphatic rings. The average molecular weight is 301 g/mol. The third-order valence-corrected chi connectivity index (χ3v) is 3.02. The number of anilines is 1. The quantitative estimate of drug-likeness (QED) is 0.869. The molecule has 0 aliphatic heterocycles. The maximum absolute atomic E-state index is 12.4. The molecule has 20 heavy (non-hydrogen) atoms. The second-order valence-electron chi connectivity index (χ2n) is 4.35. The monoisotopic (exact) mass is 300 g/mol. The Balaban J connectivity index is 2.10. The van der Waals surface area contributed by atoms with Gasteiger partial charge in [0.15, 0.2) is 0 Å². The second-order valence-corrected chi connectivity index (χ2v) is 4.79. The summed E-state index contributed by atoms with van der Waals surface area (Å²) in [6.45, 7) is 1.89. The summed E-state index contributed by atoms with van der Waals surface area (Å²) in [7, 11) is 0. The summed E-state index contributed by atoms with van der Waals surface area (Å²) in [4.78, 5) is 3.40. The predicted octanol–water partition coefficient (Wildman–Crippen LogP) is 4.93. The highest BCUT2D eigenvalue weighted by atomic mass is 35.5. The maximum atomic E-state index is 12.4. The van der Waals surface area contributed by atoms with E-state index in [2.05, 4.69) is 10.3 Å². The van der Waals surface area contributed by atoms with Gasteiger partial charge in [0.25, 0.3) is 0 Å². The van der Waals surface area contributed by atoms with Gasteiger partial charge in [-0.05, 0) is 36.8 Å². The molecule has 2 aromatic rings. The highest BCUT2D eigenvalue weighted by molar-refractivity contribution is 6.30. The van der Waals surface area contributed by atoms with Crippen molar-refractivity contribution in [2.45, 2.75) is 19.1 Å². The molecule has 2 nitrogen and oxygen atoms in total. The zero-order chi connectivity index (χ0) is 14.8. The number of halogens is 4. The number of alkyl halides is 3. The standard InChI is InChI=1S/C14H12ClF3N2/c1-9(10-3-2-4-11(15)7-10)20-12-5-6-13(19-8-12)14(16,17)18/h2-9,20H,1H3. The van der Waals surface area contributed by atoms with Crippen molar-refractivity contribution >= 4 is 17.3 Å². The van der Waals surface area contributed by atoms with Crippen molar-refractivity contribution in [1.82, 2.24) is 4.98 Å². The molecule has 0 amide bonds. The van der Waals surface area contributed by atoms with Crippen LogP contribution in [0.1, 0.15) is 24.2 Å². The first-order valence-electron chi connectivity index (χ1n) is 5.91. The van der Waals surface area contributed by atoms with Crippen molar-refractivity contribution in [1.29, 1.82) is 0 Å². The van der Waals surface area contributed by atoms with E-state index in [9.17, 15) is 13.2 Å². The Morgan fingerprint density at radius 2 is 1.95 bits per heavy atom. The minimum absolute atomic E-state index is 0.0905. The van der Waals surface area contributed by atoms with E-state index >= 15 is 0 Å². The molecule has 1 N–H and O–H groups in total. The molecule has 0 saturated heterocycles. The Bertz CT molecular complexity index is 582. The molecule has 0 fully saturated rings. The van der Waals surface area contributed by atoms with Crippen LogP contribution in [-0.2, 0) is 6.18 Å². The lowest BCUT2D eigenvalue weighted by Gasteiger charge is -2.16. The zero-order valence-corrected chi connectivity index (χ0v) is 11.3. The van der Waals surface area contributed by atoms with Crippen molar-refractivity contribution < 1.29 is 13.2 Å². The summed E-state index contributed by atoms with van der Waals surface area (Å²) in [5.74, 6) is 0. The molecule has 6 heteroatoms. The van der Waals surface area contributed by atoms with Crippen LogP contribution in [0.3, 0.4) is 0 Å². The number of aromatic nitrogens is 1. The van der Waals surface area contributed by atoms with Gasteiger partial charge in [-0.15, -0.1) is 0 Å². The molecule has 1 unspecified atom stereocenters. The van der Waals surface area contributed by atoms with Crippen LogP contribution < -0.4 is 5.32 Å². The largest absolute Gasteiger partial charge is 0.433 e. The molecule has 1 atom stereocenters. The van der Waals surface area contributed by atoms with Gasteiger partial charge in [0.2, 0.25) is 0 Å². The van der Waals surface area contributed by atoms with Gasteiger partial charge in [0.05, 0.1) is 11.9 Å². The van der Waals surface area contributed by atoms with Crippen LogP contribution >= 0.6 is 11.6 Å². The second kappa shape index (κ2) is 5.71. The Morgan fingerprint density at radius 1 is 1.20 bits per heavy atom. The highest BCUT2D eigenvalue weighted by Gasteiger charge is 2.32. The predicted molar refractivity (Wildman–Crippen MR) is 72.7 cm³/mol. The first-order valence-corrected chi connectivity index (χ1v) is 6.29. The Labute approximate surface area is 119 Å². The van der Waals surface area contributed by atoms with Crippen molar-refractivity contribution in [2.75, 3.05) is 5.32 Å². The van der Waals surface area contributed by atoms with Gasteiger partial charge in [0, 0.05) is 11.1 Å². The molecule has 1 aromatic heterocycles. The lowest BCUT2D eigenvalue weighted by Crippen LogP contribution is -2.10. The van der Waals surface area contributed by atoms with Crippen LogP contribution in [0, 0.1) is 0 Å². The van der Waals surface area contributed by atoms with Crippen LogP contribution in [0.5, 0.6) is 0 Å². The molecule has 1 aromatic carbocycles. The fourth-order valence-corrected chi connectivity index (χ4v) is 1.95. The summed E-state index contributed by atoms with van der Waals surface area (Å²) in [5.41, 5.74) is 0.557. The van der Waals surface area contributed by atoms with Gasteiger partial charge in [-0.1, -0.05) is 23.7 Å². The Morgan fingerprint density at radius 3 is 2.50 bits per heavy atom. The van der Waals surface area contributed by atoms with Gasteiger partial charge < -0.3 is 5.32 Å². The minimum atomic E-state index is -4.42. The smallest absolute Gasteiger partial charge is 0.377 e. The number of hydrogen-bond acceptors (Lipinski definition) is 2. The lowest BCUT2D eigenvalue weighted by molar-refractivity contribution is -0.141. The van der Waals surface area contributed by atoms with Crippen molar-refractivity contribution in [3.05, 3.63) is 58.9 Å². The molecule has 0 saturated carbocycles. The van der Waals surface area contributed by atoms with E-state index in [-0.39, 0.29) is 6.04 Å². The van der Waals surface area contributed by atoms with Crippen molar-refractivity contribution in [3.63, 3.8) is 0 Å². The fraction of sp³-hybridized carbons (Fsp3) is 0.214. The van der Waals surface area contributed by atoms with Gasteiger partial charge in [-0.25, -0.2) is 4.98 Å². The summed E-state index contributed by atoms with van der Waals surface area (Å²) < 4.78 is 37.2. The molecular weight excluding hydrogens is 289 g/mol. The van der Waals surface area contributed by atoms with Crippen molar-refractivity contribution in [3.8, 4) is 0 Å². The first-order chi connectivity index (χ1) is 9.36. The van der Waals surface area contributed by atoms with E-state index in [1.54, 1.807) is 12.1 Å².